The van der Waals surface area contributed by atoms with Crippen molar-refractivity contribution in [2.24, 2.45) is 0 Å². The van der Waals surface area contributed by atoms with Gasteiger partial charge in [-0.2, -0.15) is 21.4 Å². The summed E-state index contributed by atoms with van der Waals surface area (Å²) >= 11 is 0. The molecule has 4 aromatic carbocycles. The number of rotatable bonds is 12. The Morgan fingerprint density at radius 2 is 1.10 bits per heavy atom. The summed E-state index contributed by atoms with van der Waals surface area (Å²) in [6.45, 7) is 8.01. The largest absolute Gasteiger partial charge is 0.363 e. The lowest BCUT2D eigenvalue weighted by Crippen LogP contribution is -2.32. The predicted octanol–water partition coefficient (Wildman–Crippen LogP) is 5.64. The summed E-state index contributed by atoms with van der Waals surface area (Å²) < 4.78 is 71.2. The Labute approximate surface area is 384 Å². The van der Waals surface area contributed by atoms with E-state index in [0.717, 1.165) is 0 Å². The highest BCUT2D eigenvalue weighted by molar-refractivity contribution is 7.86. The summed E-state index contributed by atoms with van der Waals surface area (Å²) in [5.41, 5.74) is 3.74. The molecule has 0 saturated carbocycles. The predicted molar refractivity (Wildman–Crippen MR) is 236 cm³/mol. The molecule has 20 heteroatoms. The maximum Gasteiger partial charge on any atom is 0.363 e. The third-order valence-corrected chi connectivity index (χ3v) is 14.0. The molecule has 2 saturated heterocycles. The lowest BCUT2D eigenvalue weighted by atomic mass is 9.81. The van der Waals surface area contributed by atoms with E-state index in [2.05, 4.69) is 0 Å². The smallest absolute Gasteiger partial charge is 0.340 e. The number of allylic oxidation sites excluding steroid dienone is 4. The number of fused-ring (bicyclic) bond motifs is 2. The van der Waals surface area contributed by atoms with Crippen LogP contribution < -0.4 is 4.90 Å². The molecule has 2 fully saturated rings. The molecular weight excluding hydrogens is 909 g/mol. The van der Waals surface area contributed by atoms with Crippen LogP contribution >= 0.6 is 0 Å². The zero-order chi connectivity index (χ0) is 48.4. The molecule has 0 aliphatic carbocycles. The van der Waals surface area contributed by atoms with Crippen LogP contribution in [0.3, 0.4) is 0 Å². The lowest BCUT2D eigenvalue weighted by Gasteiger charge is -2.27. The van der Waals surface area contributed by atoms with Crippen molar-refractivity contribution < 1.29 is 69.0 Å². The molecule has 18 nitrogen and oxygen atoms in total. The molecule has 67 heavy (non-hydrogen) atoms. The van der Waals surface area contributed by atoms with Gasteiger partial charge in [-0.05, 0) is 85.6 Å². The molecule has 0 unspecified atom stereocenters. The van der Waals surface area contributed by atoms with Crippen molar-refractivity contribution in [3.8, 4) is 0 Å². The van der Waals surface area contributed by atoms with Gasteiger partial charge in [0.05, 0.1) is 26.3 Å². The summed E-state index contributed by atoms with van der Waals surface area (Å²) in [5, 5.41) is 0.934. The fourth-order valence-corrected chi connectivity index (χ4v) is 9.66. The van der Waals surface area contributed by atoms with Gasteiger partial charge in [-0.1, -0.05) is 44.2 Å². The third-order valence-electron chi connectivity index (χ3n) is 12.3. The zero-order valence-corrected chi connectivity index (χ0v) is 38.1. The molecule has 0 radical (unpaired) electrons. The van der Waals surface area contributed by atoms with E-state index in [1.807, 2.05) is 49.3 Å². The van der Waals surface area contributed by atoms with Crippen LogP contribution in [0.5, 0.6) is 0 Å². The van der Waals surface area contributed by atoms with Crippen LogP contribution in [0.25, 0.3) is 0 Å². The van der Waals surface area contributed by atoms with Gasteiger partial charge >= 0.3 is 11.9 Å². The Balaban J connectivity index is 1.14. The highest BCUT2D eigenvalue weighted by atomic mass is 32.2. The first-order chi connectivity index (χ1) is 31.4. The van der Waals surface area contributed by atoms with Gasteiger partial charge in [0.25, 0.3) is 43.9 Å². The molecule has 8 rings (SSSR count). The fourth-order valence-electron chi connectivity index (χ4n) is 8.65. The third kappa shape index (κ3) is 8.83. The van der Waals surface area contributed by atoms with Gasteiger partial charge in [0.1, 0.15) is 0 Å². The number of benzene rings is 4. The molecule has 346 valence electrons. The second-order valence-electron chi connectivity index (χ2n) is 17.3. The summed E-state index contributed by atoms with van der Waals surface area (Å²) in [5.74, 6) is -4.23. The van der Waals surface area contributed by atoms with Crippen molar-refractivity contribution in [3.63, 3.8) is 0 Å². The molecule has 4 amide bonds. The molecule has 2 N–H and O–H groups in total. The fraction of sp³-hybridized carbons (Fsp3) is 0.255. The summed E-state index contributed by atoms with van der Waals surface area (Å²) in [6, 6.07) is 21.3. The Hall–Kier alpha value is -7.13. The van der Waals surface area contributed by atoms with Gasteiger partial charge in [0.15, 0.2) is 12.3 Å². The Kier molecular flexibility index (Phi) is 11.7. The van der Waals surface area contributed by atoms with Crippen LogP contribution in [-0.4, -0.2) is 81.9 Å². The highest BCUT2D eigenvalue weighted by Crippen LogP contribution is 2.49. The highest BCUT2D eigenvalue weighted by Gasteiger charge is 2.46. The molecule has 4 aliphatic rings. The average Bonchev–Trinajstić information content (AvgIpc) is 3.90. The topological polar surface area (TPSA) is 242 Å². The zero-order valence-electron chi connectivity index (χ0n) is 36.5. The lowest BCUT2D eigenvalue weighted by molar-refractivity contribution is -0.455. The van der Waals surface area contributed by atoms with E-state index in [1.54, 1.807) is 42.5 Å². The van der Waals surface area contributed by atoms with Crippen LogP contribution in [0.4, 0.5) is 11.4 Å². The standard InChI is InChI=1S/C47H42N4O14S2/c1-46(2)34-24-32(66(58,59)60)16-18-36(34)48(26-28-8-12-30(13-9-28)44(56)64-50-40(52)20-21-41(50)53)38(46)6-5-7-39-47(3,4)35-25-33(67(61,62)63)17-19-37(35)49(39)27-29-10-14-31(15-11-29)45(57)65-51-42(54)22-23-43(51)55/h5-19,24-25H,20-23,26-27H2,1-4H3,(H-,58,59,60,61,62,63)/p+1. The van der Waals surface area contributed by atoms with E-state index in [-0.39, 0.29) is 59.7 Å². The van der Waals surface area contributed by atoms with E-state index in [1.165, 1.54) is 48.5 Å². The van der Waals surface area contributed by atoms with Gasteiger partial charge in [-0.3, -0.25) is 28.3 Å². The maximum atomic E-state index is 12.9. The Morgan fingerprint density at radius 3 is 1.60 bits per heavy atom. The van der Waals surface area contributed by atoms with Gasteiger partial charge in [0, 0.05) is 72.3 Å². The molecule has 4 aliphatic heterocycles. The van der Waals surface area contributed by atoms with E-state index >= 15 is 0 Å². The van der Waals surface area contributed by atoms with E-state index < -0.39 is 66.6 Å². The number of anilines is 1. The second-order valence-corrected chi connectivity index (χ2v) is 20.2. The SMILES string of the molecule is CC1(C)C(=CC=CC2=[N+](Cc3ccc(C(=O)ON4C(=O)CCC4=O)cc3)c3ccc(S(=O)(=O)O)cc3C2(C)C)N(Cc2ccc(C(=O)ON3C(=O)CCC3=O)cc2)c2ccc(S(=O)(=O)O)cc21. The van der Waals surface area contributed by atoms with Crippen molar-refractivity contribution in [1.82, 2.24) is 10.1 Å². The normalized spacial score (nSPS) is 18.4. The molecule has 0 spiro atoms. The first-order valence-electron chi connectivity index (χ1n) is 20.8. The van der Waals surface area contributed by atoms with Crippen molar-refractivity contribution in [3.05, 3.63) is 142 Å². The van der Waals surface area contributed by atoms with Crippen LogP contribution in [0, 0.1) is 0 Å². The van der Waals surface area contributed by atoms with Crippen molar-refractivity contribution in [2.45, 2.75) is 87.1 Å². The first kappa shape index (κ1) is 46.4. The summed E-state index contributed by atoms with van der Waals surface area (Å²) in [4.78, 5) is 85.3. The Morgan fingerprint density at radius 1 is 0.642 bits per heavy atom. The van der Waals surface area contributed by atoms with Gasteiger partial charge < -0.3 is 14.6 Å². The molecule has 0 aromatic heterocycles. The number of carbonyl (C=O) groups excluding carboxylic acids is 6. The van der Waals surface area contributed by atoms with Gasteiger partial charge in [-0.25, -0.2) is 9.59 Å². The first-order valence-corrected chi connectivity index (χ1v) is 23.7. The minimum Gasteiger partial charge on any atom is -0.340 e. The number of nitrogens with zero attached hydrogens (tertiary/aromatic N) is 4. The summed E-state index contributed by atoms with van der Waals surface area (Å²) in [6.07, 6.45) is 5.30. The van der Waals surface area contributed by atoms with Crippen LogP contribution in [-0.2, 0) is 73.0 Å². The number of hydrogen-bond acceptors (Lipinski definition) is 13. The molecule has 4 aromatic rings. The van der Waals surface area contributed by atoms with Crippen molar-refractivity contribution in [1.29, 1.82) is 0 Å². The molecule has 0 atom stereocenters. The van der Waals surface area contributed by atoms with E-state index in [4.69, 9.17) is 9.68 Å². The number of amides is 4. The van der Waals surface area contributed by atoms with Gasteiger partial charge in [-0.15, -0.1) is 10.1 Å². The summed E-state index contributed by atoms with van der Waals surface area (Å²) in [7, 11) is -9.15. The molecule has 0 bridgehead atoms. The Bertz CT molecular complexity index is 3120. The minimum absolute atomic E-state index is 0.0528. The number of carbonyl (C=O) groups is 6. The van der Waals surface area contributed by atoms with E-state index in [0.29, 0.717) is 55.2 Å². The quantitative estimate of drug-likeness (QED) is 0.0993. The van der Waals surface area contributed by atoms with Crippen LogP contribution in [0.2, 0.25) is 0 Å². The minimum atomic E-state index is -4.58. The average molecular weight is 952 g/mol. The monoisotopic (exact) mass is 951 g/mol. The van der Waals surface area contributed by atoms with Crippen molar-refractivity contribution >= 4 is 72.9 Å². The van der Waals surface area contributed by atoms with Crippen LogP contribution in [0.1, 0.15) is 96.3 Å². The molecule has 4 heterocycles. The van der Waals surface area contributed by atoms with Crippen molar-refractivity contribution in [2.75, 3.05) is 4.90 Å². The number of hydrogen-bond donors (Lipinski definition) is 2. The maximum absolute atomic E-state index is 12.9. The van der Waals surface area contributed by atoms with E-state index in [9.17, 15) is 54.7 Å². The number of imide groups is 2. The molecular formula is C47H43N4O14S2+. The van der Waals surface area contributed by atoms with Gasteiger partial charge in [0.2, 0.25) is 5.69 Å². The second kappa shape index (κ2) is 16.9. The number of hydroxylamine groups is 4. The van der Waals surface area contributed by atoms with Crippen LogP contribution in [0.15, 0.2) is 119 Å².